The SMILES string of the molecule is CC(C)(C)c1ccnc(-c2cccc3c2oc2c3ccc3sc(C(C)(C)C)nc32)c1. The number of para-hydroxylation sites is 1. The van der Waals surface area contributed by atoms with Gasteiger partial charge < -0.3 is 4.42 Å². The molecule has 0 saturated carbocycles. The minimum absolute atomic E-state index is 0.0184. The molecule has 152 valence electrons. The summed E-state index contributed by atoms with van der Waals surface area (Å²) >= 11 is 1.75. The van der Waals surface area contributed by atoms with Crippen LogP contribution in [0.3, 0.4) is 0 Å². The Morgan fingerprint density at radius 2 is 1.60 bits per heavy atom. The molecule has 4 heteroatoms. The van der Waals surface area contributed by atoms with Crippen molar-refractivity contribution < 1.29 is 4.42 Å². The fourth-order valence-electron chi connectivity index (χ4n) is 3.81. The Labute approximate surface area is 180 Å². The van der Waals surface area contributed by atoms with Crippen LogP contribution in [-0.4, -0.2) is 9.97 Å². The molecule has 3 heterocycles. The van der Waals surface area contributed by atoms with Gasteiger partial charge in [-0.25, -0.2) is 4.98 Å². The number of aromatic nitrogens is 2. The van der Waals surface area contributed by atoms with E-state index in [-0.39, 0.29) is 10.8 Å². The number of fused-ring (bicyclic) bond motifs is 5. The molecule has 0 aliphatic carbocycles. The molecule has 5 rings (SSSR count). The van der Waals surface area contributed by atoms with E-state index in [1.165, 1.54) is 10.3 Å². The van der Waals surface area contributed by atoms with Crippen LogP contribution in [0.25, 0.3) is 43.4 Å². The molecular weight excluding hydrogens is 388 g/mol. The molecule has 2 aromatic carbocycles. The first-order valence-corrected chi connectivity index (χ1v) is 11.2. The van der Waals surface area contributed by atoms with Gasteiger partial charge in [-0.3, -0.25) is 4.98 Å². The van der Waals surface area contributed by atoms with Crippen LogP contribution < -0.4 is 0 Å². The molecule has 0 radical (unpaired) electrons. The van der Waals surface area contributed by atoms with Crippen molar-refractivity contribution in [1.82, 2.24) is 9.97 Å². The van der Waals surface area contributed by atoms with Crippen LogP contribution in [0.1, 0.15) is 52.1 Å². The number of hydrogen-bond donors (Lipinski definition) is 0. The number of rotatable bonds is 1. The van der Waals surface area contributed by atoms with Crippen LogP contribution in [0.4, 0.5) is 0 Å². The van der Waals surface area contributed by atoms with E-state index in [4.69, 9.17) is 9.40 Å². The molecular formula is C26H26N2OS. The second-order valence-electron chi connectivity index (χ2n) is 10.0. The van der Waals surface area contributed by atoms with Crippen LogP contribution >= 0.6 is 11.3 Å². The molecule has 0 aliphatic heterocycles. The third kappa shape index (κ3) is 3.02. The molecule has 30 heavy (non-hydrogen) atoms. The predicted molar refractivity (Wildman–Crippen MR) is 128 cm³/mol. The fourth-order valence-corrected chi connectivity index (χ4v) is 4.84. The lowest BCUT2D eigenvalue weighted by Crippen LogP contribution is -2.11. The normalized spacial score (nSPS) is 13.0. The number of benzene rings is 2. The Balaban J connectivity index is 1.79. The Morgan fingerprint density at radius 1 is 0.833 bits per heavy atom. The maximum absolute atomic E-state index is 6.51. The summed E-state index contributed by atoms with van der Waals surface area (Å²) < 4.78 is 7.67. The molecule has 0 bridgehead atoms. The second-order valence-corrected chi connectivity index (χ2v) is 11.1. The van der Waals surface area contributed by atoms with Gasteiger partial charge in [-0.05, 0) is 41.3 Å². The quantitative estimate of drug-likeness (QED) is 0.280. The molecule has 0 saturated heterocycles. The molecule has 0 fully saturated rings. The minimum Gasteiger partial charge on any atom is -0.453 e. The lowest BCUT2D eigenvalue weighted by atomic mass is 9.87. The van der Waals surface area contributed by atoms with E-state index in [0.717, 1.165) is 43.7 Å². The summed E-state index contributed by atoms with van der Waals surface area (Å²) in [5, 5.41) is 3.35. The minimum atomic E-state index is 0.0184. The lowest BCUT2D eigenvalue weighted by Gasteiger charge is -2.19. The van der Waals surface area contributed by atoms with Gasteiger partial charge in [0.05, 0.1) is 15.4 Å². The third-order valence-electron chi connectivity index (χ3n) is 5.57. The van der Waals surface area contributed by atoms with Crippen molar-refractivity contribution in [3.63, 3.8) is 0 Å². The van der Waals surface area contributed by atoms with Gasteiger partial charge in [0.15, 0.2) is 5.58 Å². The molecule has 3 nitrogen and oxygen atoms in total. The van der Waals surface area contributed by atoms with Crippen molar-refractivity contribution in [2.24, 2.45) is 0 Å². The van der Waals surface area contributed by atoms with E-state index in [1.807, 2.05) is 6.20 Å². The van der Waals surface area contributed by atoms with Crippen LogP contribution in [0.15, 0.2) is 53.1 Å². The largest absolute Gasteiger partial charge is 0.453 e. The van der Waals surface area contributed by atoms with Gasteiger partial charge in [0.25, 0.3) is 0 Å². The molecule has 0 atom stereocenters. The summed E-state index contributed by atoms with van der Waals surface area (Å²) in [6, 6.07) is 14.9. The number of furan rings is 1. The lowest BCUT2D eigenvalue weighted by molar-refractivity contribution is 0.586. The molecule has 5 aromatic rings. The van der Waals surface area contributed by atoms with Crippen molar-refractivity contribution in [2.45, 2.75) is 52.4 Å². The van der Waals surface area contributed by atoms with Crippen molar-refractivity contribution in [2.75, 3.05) is 0 Å². The second kappa shape index (κ2) is 6.39. The molecule has 0 N–H and O–H groups in total. The predicted octanol–water partition coefficient (Wildman–Crippen LogP) is 7.85. The zero-order chi connectivity index (χ0) is 21.3. The van der Waals surface area contributed by atoms with Gasteiger partial charge in [-0.1, -0.05) is 53.7 Å². The first-order valence-electron chi connectivity index (χ1n) is 10.3. The Kier molecular flexibility index (Phi) is 4.10. The van der Waals surface area contributed by atoms with E-state index >= 15 is 0 Å². The van der Waals surface area contributed by atoms with Gasteiger partial charge in [0.2, 0.25) is 0 Å². The highest BCUT2D eigenvalue weighted by Crippen LogP contribution is 2.41. The van der Waals surface area contributed by atoms with Crippen LogP contribution in [0.2, 0.25) is 0 Å². The van der Waals surface area contributed by atoms with Crippen LogP contribution in [-0.2, 0) is 10.8 Å². The zero-order valence-corrected chi connectivity index (χ0v) is 19.1. The third-order valence-corrected chi connectivity index (χ3v) is 7.01. The first-order chi connectivity index (χ1) is 14.1. The number of pyridine rings is 1. The Morgan fingerprint density at radius 3 is 2.33 bits per heavy atom. The van der Waals surface area contributed by atoms with Crippen molar-refractivity contribution >= 4 is 43.5 Å². The maximum Gasteiger partial charge on any atom is 0.162 e. The average molecular weight is 415 g/mol. The molecule has 0 amide bonds. The standard InChI is InChI=1S/C26H26N2OS/c1-25(2,3)15-12-13-27-19(14-15)18-9-7-8-16-17-10-11-20-21(23(17)29-22(16)18)28-24(30-20)26(4,5)6/h7-14H,1-6H3. The van der Waals surface area contributed by atoms with E-state index in [0.29, 0.717) is 0 Å². The molecule has 0 unspecified atom stereocenters. The van der Waals surface area contributed by atoms with Gasteiger partial charge in [0.1, 0.15) is 11.1 Å². The van der Waals surface area contributed by atoms with Crippen molar-refractivity contribution in [1.29, 1.82) is 0 Å². The summed E-state index contributed by atoms with van der Waals surface area (Å²) in [7, 11) is 0. The molecule has 0 spiro atoms. The van der Waals surface area contributed by atoms with E-state index in [1.54, 1.807) is 11.3 Å². The van der Waals surface area contributed by atoms with Crippen LogP contribution in [0.5, 0.6) is 0 Å². The maximum atomic E-state index is 6.51. The topological polar surface area (TPSA) is 38.9 Å². The highest BCUT2D eigenvalue weighted by molar-refractivity contribution is 7.18. The fraction of sp³-hybridized carbons (Fsp3) is 0.308. The van der Waals surface area contributed by atoms with Crippen molar-refractivity contribution in [3.8, 4) is 11.3 Å². The van der Waals surface area contributed by atoms with Crippen molar-refractivity contribution in [3.05, 3.63) is 59.2 Å². The van der Waals surface area contributed by atoms with E-state index in [9.17, 15) is 0 Å². The van der Waals surface area contributed by atoms with Gasteiger partial charge >= 0.3 is 0 Å². The van der Waals surface area contributed by atoms with Crippen LogP contribution in [0, 0.1) is 0 Å². The number of nitrogens with zero attached hydrogens (tertiary/aromatic N) is 2. The number of hydrogen-bond acceptors (Lipinski definition) is 4. The van der Waals surface area contributed by atoms with E-state index < -0.39 is 0 Å². The average Bonchev–Trinajstić information content (AvgIpc) is 3.28. The number of thiazole rings is 1. The molecule has 3 aromatic heterocycles. The van der Waals surface area contributed by atoms with Gasteiger partial charge in [0, 0.05) is 27.9 Å². The van der Waals surface area contributed by atoms with E-state index in [2.05, 4.69) is 89.0 Å². The first kappa shape index (κ1) is 19.3. The Bertz CT molecular complexity index is 1410. The molecule has 0 aliphatic rings. The Hall–Kier alpha value is -2.72. The summed E-state index contributed by atoms with van der Waals surface area (Å²) in [6.07, 6.45) is 1.89. The highest BCUT2D eigenvalue weighted by atomic mass is 32.1. The van der Waals surface area contributed by atoms with Gasteiger partial charge in [-0.15, -0.1) is 11.3 Å². The van der Waals surface area contributed by atoms with Gasteiger partial charge in [-0.2, -0.15) is 0 Å². The monoisotopic (exact) mass is 414 g/mol. The highest BCUT2D eigenvalue weighted by Gasteiger charge is 2.22. The summed E-state index contributed by atoms with van der Waals surface area (Å²) in [5.74, 6) is 0. The smallest absolute Gasteiger partial charge is 0.162 e. The zero-order valence-electron chi connectivity index (χ0n) is 18.3. The summed E-state index contributed by atoms with van der Waals surface area (Å²) in [4.78, 5) is 9.63. The summed E-state index contributed by atoms with van der Waals surface area (Å²) in [6.45, 7) is 13.3. The summed E-state index contributed by atoms with van der Waals surface area (Å²) in [5.41, 5.74) is 6.02.